The van der Waals surface area contributed by atoms with Crippen molar-refractivity contribution in [1.29, 1.82) is 0 Å². The van der Waals surface area contributed by atoms with Gasteiger partial charge < -0.3 is 5.73 Å². The smallest absolute Gasteiger partial charge is 0.175 e. The maximum Gasteiger partial charge on any atom is 0.175 e. The predicted octanol–water partition coefficient (Wildman–Crippen LogP) is 3.65. The fourth-order valence-electron chi connectivity index (χ4n) is 2.54. The quantitative estimate of drug-likeness (QED) is 0.579. The Balaban J connectivity index is 0.00000210. The van der Waals surface area contributed by atoms with Crippen LogP contribution in [-0.4, -0.2) is 29.6 Å². The summed E-state index contributed by atoms with van der Waals surface area (Å²) in [5.41, 5.74) is 8.79. The third-order valence-corrected chi connectivity index (χ3v) is 6.05. The van der Waals surface area contributed by atoms with E-state index < -0.39 is 9.84 Å². The highest BCUT2D eigenvalue weighted by atomic mass is 32.2. The molecular weight excluding hydrogens is 368 g/mol. The predicted molar refractivity (Wildman–Crippen MR) is 106 cm³/mol. The van der Waals surface area contributed by atoms with Crippen molar-refractivity contribution >= 4 is 37.2 Å². The van der Waals surface area contributed by atoms with Crippen molar-refractivity contribution in [2.45, 2.75) is 4.90 Å². The average Bonchev–Trinajstić information content (AvgIpc) is 3.05. The summed E-state index contributed by atoms with van der Waals surface area (Å²) in [5, 5.41) is 0.700. The molecule has 4 aromatic rings. The first-order chi connectivity index (χ1) is 12.4. The second-order valence-electron chi connectivity index (χ2n) is 5.77. The van der Waals surface area contributed by atoms with Gasteiger partial charge in [-0.15, -0.1) is 11.3 Å². The number of fused-ring (bicyclic) bond motifs is 1. The molecule has 0 unspecified atom stereocenters. The number of benzene rings is 2. The highest BCUT2D eigenvalue weighted by Crippen LogP contribution is 2.32. The van der Waals surface area contributed by atoms with Gasteiger partial charge in [0, 0.05) is 13.2 Å². The first-order valence-electron chi connectivity index (χ1n) is 7.71. The van der Waals surface area contributed by atoms with Gasteiger partial charge in [0.25, 0.3) is 0 Å². The number of nitrogens with two attached hydrogens (primary N) is 1. The molecule has 0 atom stereocenters. The lowest BCUT2D eigenvalue weighted by Gasteiger charge is -2.06. The van der Waals surface area contributed by atoms with E-state index >= 15 is 0 Å². The van der Waals surface area contributed by atoms with Crippen LogP contribution in [-0.2, 0) is 9.84 Å². The molecule has 0 amide bonds. The van der Waals surface area contributed by atoms with E-state index in [1.165, 1.54) is 17.6 Å². The number of hydrogen-bond donors (Lipinski definition) is 1. The Labute approximate surface area is 155 Å². The van der Waals surface area contributed by atoms with Crippen molar-refractivity contribution in [2.75, 3.05) is 12.0 Å². The van der Waals surface area contributed by atoms with E-state index in [1.807, 2.05) is 24.3 Å². The standard InChI is InChI=1S/C18H14N4O2S2.H2/c1-26(23,24)12-8-6-11(7-9-12)14-10-20-17(19)16(21-14)18-22-13-4-2-3-5-15(13)25-18;/h2-10H,1H3,(H2,19,20);1H. The summed E-state index contributed by atoms with van der Waals surface area (Å²) in [7, 11) is -3.24. The molecule has 2 N–H and O–H groups in total. The number of rotatable bonds is 3. The Hall–Kier alpha value is -2.84. The SMILES string of the molecule is CS(=O)(=O)c1ccc(-c2cnc(N)c(-c3nc4ccccc4s3)n2)cc1.[HH]. The third kappa shape index (κ3) is 3.04. The van der Waals surface area contributed by atoms with E-state index in [0.29, 0.717) is 22.2 Å². The highest BCUT2D eigenvalue weighted by molar-refractivity contribution is 7.90. The summed E-state index contributed by atoms with van der Waals surface area (Å²) in [6.07, 6.45) is 2.75. The molecule has 2 heterocycles. The zero-order chi connectivity index (χ0) is 18.3. The number of nitrogens with zero attached hydrogens (tertiary/aromatic N) is 3. The minimum atomic E-state index is -3.24. The van der Waals surface area contributed by atoms with Gasteiger partial charge in [0.2, 0.25) is 0 Å². The highest BCUT2D eigenvalue weighted by Gasteiger charge is 2.14. The maximum absolute atomic E-state index is 11.6. The van der Waals surface area contributed by atoms with Crippen LogP contribution in [0.25, 0.3) is 32.2 Å². The first kappa shape index (κ1) is 16.6. The Kier molecular flexibility index (Phi) is 3.93. The second kappa shape index (κ2) is 6.15. The van der Waals surface area contributed by atoms with Crippen LogP contribution in [0.15, 0.2) is 59.6 Å². The molecular formula is C18H16N4O2S2. The van der Waals surface area contributed by atoms with E-state index in [-0.39, 0.29) is 6.32 Å². The van der Waals surface area contributed by atoms with Crippen LogP contribution in [0.1, 0.15) is 1.43 Å². The van der Waals surface area contributed by atoms with Crippen LogP contribution in [0.4, 0.5) is 5.82 Å². The Morgan fingerprint density at radius 3 is 2.46 bits per heavy atom. The number of thiazole rings is 1. The largest absolute Gasteiger partial charge is 0.382 e. The Morgan fingerprint density at radius 2 is 1.77 bits per heavy atom. The number of para-hydroxylation sites is 1. The molecule has 2 aromatic heterocycles. The van der Waals surface area contributed by atoms with Crippen LogP contribution in [0.5, 0.6) is 0 Å². The molecule has 4 rings (SSSR count). The van der Waals surface area contributed by atoms with Gasteiger partial charge in [-0.2, -0.15) is 0 Å². The van der Waals surface area contributed by atoms with Crippen LogP contribution >= 0.6 is 11.3 Å². The van der Waals surface area contributed by atoms with Crippen LogP contribution in [0, 0.1) is 0 Å². The minimum absolute atomic E-state index is 0. The van der Waals surface area contributed by atoms with Crippen molar-refractivity contribution in [3.8, 4) is 22.0 Å². The summed E-state index contributed by atoms with van der Waals surface area (Å²) >= 11 is 1.50. The molecule has 6 nitrogen and oxygen atoms in total. The lowest BCUT2D eigenvalue weighted by Crippen LogP contribution is -1.99. The molecule has 0 saturated heterocycles. The molecule has 132 valence electrons. The van der Waals surface area contributed by atoms with Crippen molar-refractivity contribution in [3.05, 3.63) is 54.7 Å². The summed E-state index contributed by atoms with van der Waals surface area (Å²) < 4.78 is 24.2. The molecule has 0 fully saturated rings. The van der Waals surface area contributed by atoms with E-state index in [2.05, 4.69) is 15.0 Å². The number of hydrogen-bond acceptors (Lipinski definition) is 7. The van der Waals surface area contributed by atoms with Crippen molar-refractivity contribution in [2.24, 2.45) is 0 Å². The van der Waals surface area contributed by atoms with E-state index in [1.54, 1.807) is 30.5 Å². The van der Waals surface area contributed by atoms with Crippen LogP contribution in [0.3, 0.4) is 0 Å². The zero-order valence-electron chi connectivity index (χ0n) is 13.7. The van der Waals surface area contributed by atoms with Crippen LogP contribution < -0.4 is 5.73 Å². The molecule has 0 aliphatic carbocycles. The molecule has 8 heteroatoms. The fourth-order valence-corrected chi connectivity index (χ4v) is 4.14. The molecule has 0 spiro atoms. The van der Waals surface area contributed by atoms with Gasteiger partial charge in [0.15, 0.2) is 15.7 Å². The van der Waals surface area contributed by atoms with Crippen LogP contribution in [0.2, 0.25) is 0 Å². The molecule has 0 radical (unpaired) electrons. The number of anilines is 1. The molecule has 0 aliphatic rings. The fraction of sp³-hybridized carbons (Fsp3) is 0.0556. The van der Waals surface area contributed by atoms with E-state index in [0.717, 1.165) is 15.8 Å². The van der Waals surface area contributed by atoms with Gasteiger partial charge >= 0.3 is 0 Å². The number of sulfone groups is 1. The second-order valence-corrected chi connectivity index (χ2v) is 8.82. The lowest BCUT2D eigenvalue weighted by atomic mass is 10.1. The maximum atomic E-state index is 11.6. The topological polar surface area (TPSA) is 98.8 Å². The lowest BCUT2D eigenvalue weighted by molar-refractivity contribution is 0.602. The summed E-state index contributed by atoms with van der Waals surface area (Å²) in [6.45, 7) is 0. The van der Waals surface area contributed by atoms with Crippen molar-refractivity contribution in [3.63, 3.8) is 0 Å². The number of aromatic nitrogens is 3. The van der Waals surface area contributed by atoms with Gasteiger partial charge in [-0.1, -0.05) is 24.3 Å². The van der Waals surface area contributed by atoms with E-state index in [4.69, 9.17) is 5.73 Å². The summed E-state index contributed by atoms with van der Waals surface area (Å²) in [5.74, 6) is 0.306. The first-order valence-corrected chi connectivity index (χ1v) is 10.4. The van der Waals surface area contributed by atoms with Crippen molar-refractivity contribution < 1.29 is 9.84 Å². The average molecular weight is 384 g/mol. The van der Waals surface area contributed by atoms with Gasteiger partial charge in [-0.3, -0.25) is 0 Å². The van der Waals surface area contributed by atoms with Gasteiger partial charge in [0.1, 0.15) is 10.7 Å². The Bertz CT molecular complexity index is 1190. The number of nitrogen functional groups attached to an aromatic ring is 1. The molecule has 0 saturated carbocycles. The molecule has 0 bridgehead atoms. The summed E-state index contributed by atoms with van der Waals surface area (Å²) in [6, 6.07) is 14.3. The Morgan fingerprint density at radius 1 is 1.04 bits per heavy atom. The molecule has 26 heavy (non-hydrogen) atoms. The van der Waals surface area contributed by atoms with Gasteiger partial charge in [0.05, 0.1) is 27.0 Å². The molecule has 0 aliphatic heterocycles. The summed E-state index contributed by atoms with van der Waals surface area (Å²) in [4.78, 5) is 13.7. The van der Waals surface area contributed by atoms with Gasteiger partial charge in [-0.05, 0) is 24.3 Å². The molecule has 2 aromatic carbocycles. The third-order valence-electron chi connectivity index (χ3n) is 3.88. The zero-order valence-corrected chi connectivity index (χ0v) is 15.4. The van der Waals surface area contributed by atoms with Crippen molar-refractivity contribution in [1.82, 2.24) is 15.0 Å². The minimum Gasteiger partial charge on any atom is -0.382 e. The monoisotopic (exact) mass is 384 g/mol. The van der Waals surface area contributed by atoms with Gasteiger partial charge in [-0.25, -0.2) is 23.4 Å². The van der Waals surface area contributed by atoms with E-state index in [9.17, 15) is 8.42 Å². The normalized spacial score (nSPS) is 11.7.